The zero-order valence-corrected chi connectivity index (χ0v) is 9.44. The molecule has 2 nitrogen and oxygen atoms in total. The molecule has 2 N–H and O–H groups in total. The molecule has 0 bridgehead atoms. The Morgan fingerprint density at radius 2 is 2.31 bits per heavy atom. The Bertz CT molecular complexity index is 180. The number of thiocarbonyl (C=S) groups is 1. The smallest absolute Gasteiger partial charge is 0.0740 e. The molecule has 1 unspecified atom stereocenters. The first kappa shape index (κ1) is 10.9. The summed E-state index contributed by atoms with van der Waals surface area (Å²) in [6, 6.07) is 0.759. The van der Waals surface area contributed by atoms with Gasteiger partial charge in [-0.3, -0.25) is 4.90 Å². The normalized spacial score (nSPS) is 24.1. The van der Waals surface area contributed by atoms with E-state index in [2.05, 4.69) is 18.7 Å². The highest BCUT2D eigenvalue weighted by atomic mass is 32.1. The maximum absolute atomic E-state index is 5.50. The number of hydrogen-bond acceptors (Lipinski definition) is 2. The Kier molecular flexibility index (Phi) is 4.13. The van der Waals surface area contributed by atoms with Crippen LogP contribution < -0.4 is 5.73 Å². The molecular formula is C10H20N2S. The molecule has 0 spiro atoms. The van der Waals surface area contributed by atoms with E-state index in [0.717, 1.165) is 24.9 Å². The zero-order chi connectivity index (χ0) is 9.84. The molecule has 0 aromatic rings. The number of nitrogens with zero attached hydrogens (tertiary/aromatic N) is 1. The monoisotopic (exact) mass is 200 g/mol. The highest BCUT2D eigenvalue weighted by Gasteiger charge is 2.26. The maximum Gasteiger partial charge on any atom is 0.0740 e. The first-order chi connectivity index (χ1) is 6.11. The predicted octanol–water partition coefficient (Wildman–Crippen LogP) is 1.78. The number of nitrogens with two attached hydrogens (primary N) is 1. The van der Waals surface area contributed by atoms with Gasteiger partial charge in [0.25, 0.3) is 0 Å². The van der Waals surface area contributed by atoms with Gasteiger partial charge in [-0.1, -0.05) is 26.1 Å². The molecule has 0 amide bonds. The van der Waals surface area contributed by atoms with Crippen molar-refractivity contribution in [3.05, 3.63) is 0 Å². The predicted molar refractivity (Wildman–Crippen MR) is 60.8 cm³/mol. The van der Waals surface area contributed by atoms with Crippen LogP contribution in [0.2, 0.25) is 0 Å². The van der Waals surface area contributed by atoms with Gasteiger partial charge in [0, 0.05) is 19.0 Å². The minimum absolute atomic E-state index is 0.648. The molecule has 1 atom stereocenters. The molecule has 1 rings (SSSR count). The largest absolute Gasteiger partial charge is 0.393 e. The summed E-state index contributed by atoms with van der Waals surface area (Å²) in [7, 11) is 0. The van der Waals surface area contributed by atoms with Gasteiger partial charge in [-0.15, -0.1) is 0 Å². The molecule has 1 aliphatic heterocycles. The Labute approximate surface area is 86.5 Å². The van der Waals surface area contributed by atoms with E-state index in [1.165, 1.54) is 19.4 Å². The van der Waals surface area contributed by atoms with Crippen LogP contribution in [0.25, 0.3) is 0 Å². The molecule has 1 aliphatic rings. The van der Waals surface area contributed by atoms with Crippen molar-refractivity contribution < 1.29 is 0 Å². The van der Waals surface area contributed by atoms with Gasteiger partial charge in [0.15, 0.2) is 0 Å². The lowest BCUT2D eigenvalue weighted by molar-refractivity contribution is 0.212. The van der Waals surface area contributed by atoms with Gasteiger partial charge in [-0.25, -0.2) is 0 Å². The Balaban J connectivity index is 2.35. The summed E-state index contributed by atoms with van der Waals surface area (Å²) >= 11 is 4.89. The van der Waals surface area contributed by atoms with Crippen molar-refractivity contribution in [3.63, 3.8) is 0 Å². The molecule has 13 heavy (non-hydrogen) atoms. The van der Waals surface area contributed by atoms with E-state index in [4.69, 9.17) is 18.0 Å². The molecule has 0 radical (unpaired) electrons. The van der Waals surface area contributed by atoms with Crippen molar-refractivity contribution >= 4 is 17.2 Å². The van der Waals surface area contributed by atoms with Crippen LogP contribution in [-0.4, -0.2) is 29.0 Å². The standard InChI is InChI=1S/C10H20N2S/c1-8(2)9-4-3-6-12(9)7-5-10(11)13/h8-9H,3-7H2,1-2H3,(H2,11,13). The van der Waals surface area contributed by atoms with Crippen LogP contribution in [0.3, 0.4) is 0 Å². The van der Waals surface area contributed by atoms with Gasteiger partial charge < -0.3 is 5.73 Å². The van der Waals surface area contributed by atoms with Crippen LogP contribution in [0, 0.1) is 5.92 Å². The third kappa shape index (κ3) is 3.24. The van der Waals surface area contributed by atoms with E-state index in [1.807, 2.05) is 0 Å². The zero-order valence-electron chi connectivity index (χ0n) is 8.62. The minimum atomic E-state index is 0.648. The van der Waals surface area contributed by atoms with Gasteiger partial charge in [0.05, 0.1) is 4.99 Å². The Morgan fingerprint density at radius 3 is 2.85 bits per heavy atom. The van der Waals surface area contributed by atoms with Crippen molar-refractivity contribution in [1.82, 2.24) is 4.90 Å². The summed E-state index contributed by atoms with van der Waals surface area (Å²) in [6.45, 7) is 6.87. The summed E-state index contributed by atoms with van der Waals surface area (Å²) in [4.78, 5) is 3.18. The summed E-state index contributed by atoms with van der Waals surface area (Å²) in [5, 5.41) is 0. The van der Waals surface area contributed by atoms with Crippen molar-refractivity contribution in [2.75, 3.05) is 13.1 Å². The van der Waals surface area contributed by atoms with E-state index >= 15 is 0 Å². The van der Waals surface area contributed by atoms with E-state index < -0.39 is 0 Å². The minimum Gasteiger partial charge on any atom is -0.393 e. The van der Waals surface area contributed by atoms with Crippen LogP contribution in [0.4, 0.5) is 0 Å². The number of hydrogen-bond donors (Lipinski definition) is 1. The summed E-state index contributed by atoms with van der Waals surface area (Å²) in [5.74, 6) is 0.758. The SMILES string of the molecule is CC(C)C1CCCN1CCC(N)=S. The van der Waals surface area contributed by atoms with Crippen LogP contribution in [0.5, 0.6) is 0 Å². The highest BCUT2D eigenvalue weighted by molar-refractivity contribution is 7.80. The van der Waals surface area contributed by atoms with Crippen molar-refractivity contribution in [3.8, 4) is 0 Å². The van der Waals surface area contributed by atoms with E-state index in [9.17, 15) is 0 Å². The molecule has 1 heterocycles. The first-order valence-corrected chi connectivity index (χ1v) is 5.54. The van der Waals surface area contributed by atoms with Crippen LogP contribution in [-0.2, 0) is 0 Å². The molecule has 1 saturated heterocycles. The van der Waals surface area contributed by atoms with Crippen molar-refractivity contribution in [1.29, 1.82) is 0 Å². The molecule has 0 saturated carbocycles. The molecule has 0 aliphatic carbocycles. The van der Waals surface area contributed by atoms with Gasteiger partial charge >= 0.3 is 0 Å². The lowest BCUT2D eigenvalue weighted by Crippen LogP contribution is -2.35. The lowest BCUT2D eigenvalue weighted by atomic mass is 10.0. The average molecular weight is 200 g/mol. The van der Waals surface area contributed by atoms with E-state index in [1.54, 1.807) is 0 Å². The fraction of sp³-hybridized carbons (Fsp3) is 0.900. The quantitative estimate of drug-likeness (QED) is 0.702. The third-order valence-corrected chi connectivity index (χ3v) is 3.03. The van der Waals surface area contributed by atoms with Gasteiger partial charge in [-0.2, -0.15) is 0 Å². The van der Waals surface area contributed by atoms with Gasteiger partial charge in [0.1, 0.15) is 0 Å². The van der Waals surface area contributed by atoms with Crippen LogP contribution in [0.15, 0.2) is 0 Å². The highest BCUT2D eigenvalue weighted by Crippen LogP contribution is 2.23. The molecule has 76 valence electrons. The third-order valence-electron chi connectivity index (χ3n) is 2.83. The number of rotatable bonds is 4. The second-order valence-corrected chi connectivity index (χ2v) is 4.73. The van der Waals surface area contributed by atoms with Crippen LogP contribution in [0.1, 0.15) is 33.1 Å². The maximum atomic E-state index is 5.50. The number of likely N-dealkylation sites (tertiary alicyclic amines) is 1. The van der Waals surface area contributed by atoms with Crippen molar-refractivity contribution in [2.24, 2.45) is 11.7 Å². The average Bonchev–Trinajstić information content (AvgIpc) is 2.47. The second-order valence-electron chi connectivity index (χ2n) is 4.21. The molecule has 0 aromatic heterocycles. The molecule has 0 aromatic carbocycles. The van der Waals surface area contributed by atoms with E-state index in [0.29, 0.717) is 4.99 Å². The second kappa shape index (κ2) is 4.91. The Hall–Kier alpha value is -0.150. The summed E-state index contributed by atoms with van der Waals surface area (Å²) in [6.07, 6.45) is 3.55. The molecular weight excluding hydrogens is 180 g/mol. The first-order valence-electron chi connectivity index (χ1n) is 5.13. The van der Waals surface area contributed by atoms with Crippen molar-refractivity contribution in [2.45, 2.75) is 39.2 Å². The van der Waals surface area contributed by atoms with E-state index in [-0.39, 0.29) is 0 Å². The molecule has 3 heteroatoms. The Morgan fingerprint density at radius 1 is 1.62 bits per heavy atom. The lowest BCUT2D eigenvalue weighted by Gasteiger charge is -2.27. The fourth-order valence-electron chi connectivity index (χ4n) is 2.14. The molecule has 1 fully saturated rings. The fourth-order valence-corrected chi connectivity index (χ4v) is 2.23. The summed E-state index contributed by atoms with van der Waals surface area (Å²) < 4.78 is 0. The van der Waals surface area contributed by atoms with Gasteiger partial charge in [0.2, 0.25) is 0 Å². The topological polar surface area (TPSA) is 29.3 Å². The van der Waals surface area contributed by atoms with Gasteiger partial charge in [-0.05, 0) is 25.3 Å². The summed E-state index contributed by atoms with van der Waals surface area (Å²) in [5.41, 5.74) is 5.50. The van der Waals surface area contributed by atoms with Crippen LogP contribution >= 0.6 is 12.2 Å².